The lowest BCUT2D eigenvalue weighted by Crippen LogP contribution is -2.19. The third-order valence-electron chi connectivity index (χ3n) is 5.53. The van der Waals surface area contributed by atoms with E-state index in [0.717, 1.165) is 38.9 Å². The minimum Gasteiger partial charge on any atom is -0.488 e. The van der Waals surface area contributed by atoms with Crippen LogP contribution in [0.4, 0.5) is 4.39 Å². The molecule has 1 aliphatic rings. The van der Waals surface area contributed by atoms with Crippen molar-refractivity contribution >= 4 is 22.7 Å². The molecule has 29 heavy (non-hydrogen) atoms. The Kier molecular flexibility index (Phi) is 3.91. The molecule has 4 nitrogen and oxygen atoms in total. The molecule has 0 N–H and O–H groups in total. The molecule has 1 aromatic heterocycles. The van der Waals surface area contributed by atoms with Crippen LogP contribution in [0.25, 0.3) is 22.7 Å². The number of aromatic nitrogens is 2. The largest absolute Gasteiger partial charge is 0.488 e. The Morgan fingerprint density at radius 3 is 2.59 bits per heavy atom. The minimum atomic E-state index is -0.324. The fraction of sp³-hybridized carbons (Fsp3) is 0.125. The molecule has 0 saturated heterocycles. The predicted octanol–water partition coefficient (Wildman–Crippen LogP) is 4.50. The number of hydrogen-bond acceptors (Lipinski definition) is 2. The standard InChI is InChI=1S/C24H19FN2O2/c1-26-21-10-7-15(12-22(21)27(2)24(26)28)11-20-18-6-4-3-5-16(18)14-29-23-13-17(25)8-9-19(20)23/h3-13H,14H2,1-2H3. The Morgan fingerprint density at radius 2 is 1.72 bits per heavy atom. The topological polar surface area (TPSA) is 36.2 Å². The number of nitrogens with zero attached hydrogens (tertiary/aromatic N) is 2. The Hall–Kier alpha value is -3.60. The second-order valence-electron chi connectivity index (χ2n) is 7.29. The van der Waals surface area contributed by atoms with Gasteiger partial charge in [0.2, 0.25) is 0 Å². The maximum atomic E-state index is 13.8. The van der Waals surface area contributed by atoms with Crippen LogP contribution in [0.1, 0.15) is 22.3 Å². The second kappa shape index (κ2) is 6.48. The first-order valence-corrected chi connectivity index (χ1v) is 9.41. The molecule has 5 heteroatoms. The smallest absolute Gasteiger partial charge is 0.328 e. The van der Waals surface area contributed by atoms with E-state index in [4.69, 9.17) is 4.74 Å². The highest BCUT2D eigenvalue weighted by Gasteiger charge is 2.20. The van der Waals surface area contributed by atoms with Crippen molar-refractivity contribution < 1.29 is 9.13 Å². The van der Waals surface area contributed by atoms with Crippen LogP contribution in [0.3, 0.4) is 0 Å². The highest BCUT2D eigenvalue weighted by Crippen LogP contribution is 2.38. The summed E-state index contributed by atoms with van der Waals surface area (Å²) in [5, 5.41) is 0. The molecule has 0 aliphatic carbocycles. The van der Waals surface area contributed by atoms with E-state index in [1.807, 2.05) is 36.4 Å². The monoisotopic (exact) mass is 386 g/mol. The van der Waals surface area contributed by atoms with Gasteiger partial charge >= 0.3 is 5.69 Å². The van der Waals surface area contributed by atoms with E-state index in [2.05, 4.69) is 12.1 Å². The lowest BCUT2D eigenvalue weighted by molar-refractivity contribution is 0.305. The van der Waals surface area contributed by atoms with Gasteiger partial charge in [-0.25, -0.2) is 9.18 Å². The van der Waals surface area contributed by atoms with Crippen LogP contribution in [-0.2, 0) is 20.7 Å². The molecule has 0 unspecified atom stereocenters. The van der Waals surface area contributed by atoms with E-state index in [9.17, 15) is 9.18 Å². The summed E-state index contributed by atoms with van der Waals surface area (Å²) in [6.45, 7) is 0.385. The quantitative estimate of drug-likeness (QED) is 0.483. The van der Waals surface area contributed by atoms with Crippen molar-refractivity contribution in [3.05, 3.63) is 99.2 Å². The van der Waals surface area contributed by atoms with E-state index in [1.54, 1.807) is 29.3 Å². The molecule has 5 rings (SSSR count). The Bertz CT molecular complexity index is 1360. The number of benzene rings is 3. The Morgan fingerprint density at radius 1 is 0.931 bits per heavy atom. The summed E-state index contributed by atoms with van der Waals surface area (Å²) < 4.78 is 23.0. The highest BCUT2D eigenvalue weighted by atomic mass is 19.1. The molecule has 2 heterocycles. The van der Waals surface area contributed by atoms with Crippen molar-refractivity contribution in [2.24, 2.45) is 14.1 Å². The molecule has 144 valence electrons. The van der Waals surface area contributed by atoms with Gasteiger partial charge in [0.15, 0.2) is 0 Å². The number of fused-ring (bicyclic) bond motifs is 3. The van der Waals surface area contributed by atoms with Gasteiger partial charge in [0, 0.05) is 25.7 Å². The van der Waals surface area contributed by atoms with Gasteiger partial charge in [0.05, 0.1) is 11.0 Å². The van der Waals surface area contributed by atoms with Crippen LogP contribution in [0.15, 0.2) is 65.5 Å². The average Bonchev–Trinajstić information content (AvgIpc) is 2.87. The van der Waals surface area contributed by atoms with Crippen molar-refractivity contribution in [3.63, 3.8) is 0 Å². The number of imidazole rings is 1. The Labute approximate surface area is 167 Å². The van der Waals surface area contributed by atoms with Crippen LogP contribution < -0.4 is 10.4 Å². The molecule has 0 saturated carbocycles. The maximum Gasteiger partial charge on any atom is 0.328 e. The van der Waals surface area contributed by atoms with Crippen LogP contribution in [0, 0.1) is 5.82 Å². The molecule has 3 aromatic carbocycles. The van der Waals surface area contributed by atoms with Crippen molar-refractivity contribution in [2.75, 3.05) is 0 Å². The Balaban J connectivity index is 1.77. The number of ether oxygens (including phenoxy) is 1. The lowest BCUT2D eigenvalue weighted by Gasteiger charge is -2.11. The van der Waals surface area contributed by atoms with Gasteiger partial charge in [-0.3, -0.25) is 9.13 Å². The molecule has 0 amide bonds. The first-order chi connectivity index (χ1) is 14.0. The summed E-state index contributed by atoms with van der Waals surface area (Å²) in [6.07, 6.45) is 2.07. The molecule has 1 aliphatic heterocycles. The van der Waals surface area contributed by atoms with E-state index < -0.39 is 0 Å². The van der Waals surface area contributed by atoms with E-state index in [1.165, 1.54) is 12.1 Å². The summed E-state index contributed by atoms with van der Waals surface area (Å²) in [5.74, 6) is 0.204. The number of halogens is 1. The molecular formula is C24H19FN2O2. The first-order valence-electron chi connectivity index (χ1n) is 9.41. The van der Waals surface area contributed by atoms with Crippen LogP contribution in [0.2, 0.25) is 0 Å². The van der Waals surface area contributed by atoms with Gasteiger partial charge < -0.3 is 4.74 Å². The molecular weight excluding hydrogens is 367 g/mol. The minimum absolute atomic E-state index is 0.0566. The normalized spacial score (nSPS) is 14.4. The van der Waals surface area contributed by atoms with E-state index in [0.29, 0.717) is 12.4 Å². The van der Waals surface area contributed by atoms with E-state index >= 15 is 0 Å². The fourth-order valence-corrected chi connectivity index (χ4v) is 3.98. The summed E-state index contributed by atoms with van der Waals surface area (Å²) in [4.78, 5) is 12.3. The third kappa shape index (κ3) is 2.78. The zero-order valence-electron chi connectivity index (χ0n) is 16.1. The molecule has 0 fully saturated rings. The summed E-state index contributed by atoms with van der Waals surface area (Å²) in [5.41, 5.74) is 6.56. The van der Waals surface area contributed by atoms with E-state index in [-0.39, 0.29) is 11.5 Å². The maximum absolute atomic E-state index is 13.8. The summed E-state index contributed by atoms with van der Waals surface area (Å²) in [6, 6.07) is 18.6. The lowest BCUT2D eigenvalue weighted by atomic mass is 9.92. The van der Waals surface area contributed by atoms with Gasteiger partial charge in [0.1, 0.15) is 18.2 Å². The summed E-state index contributed by atoms with van der Waals surface area (Å²) in [7, 11) is 3.54. The van der Waals surface area contributed by atoms with Gasteiger partial charge in [-0.2, -0.15) is 0 Å². The second-order valence-corrected chi connectivity index (χ2v) is 7.29. The van der Waals surface area contributed by atoms with Crippen molar-refractivity contribution in [1.82, 2.24) is 9.13 Å². The van der Waals surface area contributed by atoms with Gasteiger partial charge in [-0.05, 0) is 52.6 Å². The van der Waals surface area contributed by atoms with Crippen LogP contribution >= 0.6 is 0 Å². The SMILES string of the molecule is Cn1c(=O)n(C)c2cc(C=C3c4ccccc4COc4cc(F)ccc43)ccc21. The highest BCUT2D eigenvalue weighted by molar-refractivity contribution is 5.95. The first kappa shape index (κ1) is 17.5. The fourth-order valence-electron chi connectivity index (χ4n) is 3.98. The third-order valence-corrected chi connectivity index (χ3v) is 5.53. The van der Waals surface area contributed by atoms with Gasteiger partial charge in [-0.15, -0.1) is 0 Å². The van der Waals surface area contributed by atoms with Gasteiger partial charge in [0.25, 0.3) is 0 Å². The molecule has 0 radical (unpaired) electrons. The number of hydrogen-bond donors (Lipinski definition) is 0. The molecule has 0 bridgehead atoms. The summed E-state index contributed by atoms with van der Waals surface area (Å²) >= 11 is 0. The average molecular weight is 386 g/mol. The van der Waals surface area contributed by atoms with Gasteiger partial charge in [-0.1, -0.05) is 30.3 Å². The van der Waals surface area contributed by atoms with Crippen molar-refractivity contribution in [3.8, 4) is 5.75 Å². The molecule has 0 spiro atoms. The van der Waals surface area contributed by atoms with Crippen molar-refractivity contribution in [1.29, 1.82) is 0 Å². The zero-order chi connectivity index (χ0) is 20.1. The predicted molar refractivity (Wildman–Crippen MR) is 112 cm³/mol. The molecule has 0 atom stereocenters. The number of aryl methyl sites for hydroxylation is 2. The number of rotatable bonds is 1. The zero-order valence-corrected chi connectivity index (χ0v) is 16.1. The van der Waals surface area contributed by atoms with Crippen LogP contribution in [0.5, 0.6) is 5.75 Å². The van der Waals surface area contributed by atoms with Crippen LogP contribution in [-0.4, -0.2) is 9.13 Å². The van der Waals surface area contributed by atoms with Crippen molar-refractivity contribution in [2.45, 2.75) is 6.61 Å². The molecule has 4 aromatic rings.